The molecule has 1 unspecified atom stereocenters. The van der Waals surface area contributed by atoms with Gasteiger partial charge in [-0.3, -0.25) is 4.79 Å². The lowest BCUT2D eigenvalue weighted by atomic mass is 10.0. The number of halogens is 1. The zero-order valence-corrected chi connectivity index (χ0v) is 15.3. The van der Waals surface area contributed by atoms with Crippen LogP contribution < -0.4 is 11.5 Å². The number of aromatic hydroxyl groups is 1. The number of aldehydes is 1. The molecule has 1 atom stereocenters. The van der Waals surface area contributed by atoms with Gasteiger partial charge in [0.2, 0.25) is 0 Å². The highest BCUT2D eigenvalue weighted by Gasteiger charge is 2.27. The number of carbonyl (C=O) groups excluding carboxylic acids is 1. The fraction of sp³-hybridized carbons (Fsp3) is 0.250. The maximum atomic E-state index is 14.8. The highest BCUT2D eigenvalue weighted by atomic mass is 19.1. The number of carbonyl (C=O) groups is 1. The summed E-state index contributed by atoms with van der Waals surface area (Å²) in [5.41, 5.74) is 13.4. The molecular weight excluding hydrogens is 347 g/mol. The zero-order valence-electron chi connectivity index (χ0n) is 15.3. The fourth-order valence-electron chi connectivity index (χ4n) is 3.07. The molecule has 144 valence electrons. The van der Waals surface area contributed by atoms with Gasteiger partial charge in [0.25, 0.3) is 0 Å². The van der Waals surface area contributed by atoms with Crippen LogP contribution in [0.1, 0.15) is 29.2 Å². The van der Waals surface area contributed by atoms with Crippen LogP contribution in [0.15, 0.2) is 36.9 Å². The van der Waals surface area contributed by atoms with E-state index in [0.717, 1.165) is 19.5 Å². The Morgan fingerprint density at radius 1 is 1.44 bits per heavy atom. The second-order valence-corrected chi connectivity index (χ2v) is 6.42. The SMILES string of the molecule is C=CC=O.CN1CCC(c2[nH]c(N)c(/C=C(\N)c3ccccc3O)c2F)C1. The van der Waals surface area contributed by atoms with Crippen molar-refractivity contribution in [3.05, 3.63) is 59.6 Å². The number of benzene rings is 1. The van der Waals surface area contributed by atoms with Crippen LogP contribution in [0.3, 0.4) is 0 Å². The van der Waals surface area contributed by atoms with E-state index in [1.165, 1.54) is 18.2 Å². The standard InChI is InChI=1S/C17H21FN4O.C3H4O/c1-22-7-6-10(9-22)16-15(18)12(17(20)21-16)8-13(19)11-4-2-3-5-14(11)23;1-2-3-4/h2-5,8,10,21,23H,6-7,9,19-20H2,1H3;2-3H,1H2/b13-8-;. The second kappa shape index (κ2) is 9.05. The molecular formula is C20H25FN4O2. The van der Waals surface area contributed by atoms with Crippen molar-refractivity contribution in [2.24, 2.45) is 5.73 Å². The van der Waals surface area contributed by atoms with Crippen molar-refractivity contribution >= 4 is 23.9 Å². The van der Waals surface area contributed by atoms with Gasteiger partial charge in [0.1, 0.15) is 17.9 Å². The average molecular weight is 372 g/mol. The van der Waals surface area contributed by atoms with Gasteiger partial charge in [-0.1, -0.05) is 18.7 Å². The molecule has 2 heterocycles. The molecule has 1 aliphatic rings. The molecule has 0 spiro atoms. The number of nitrogens with two attached hydrogens (primary N) is 2. The van der Waals surface area contributed by atoms with E-state index in [0.29, 0.717) is 17.5 Å². The predicted octanol–water partition coefficient (Wildman–Crippen LogP) is 2.69. The molecule has 6 nitrogen and oxygen atoms in total. The number of allylic oxidation sites excluding steroid dienone is 1. The molecule has 1 aromatic heterocycles. The van der Waals surface area contributed by atoms with E-state index in [9.17, 15) is 9.50 Å². The van der Waals surface area contributed by atoms with Crippen molar-refractivity contribution in [3.63, 3.8) is 0 Å². The maximum Gasteiger partial charge on any atom is 0.153 e. The molecule has 27 heavy (non-hydrogen) atoms. The smallest absolute Gasteiger partial charge is 0.153 e. The van der Waals surface area contributed by atoms with Crippen molar-refractivity contribution in [1.82, 2.24) is 9.88 Å². The van der Waals surface area contributed by atoms with Gasteiger partial charge in [-0.15, -0.1) is 0 Å². The number of phenols is 1. The lowest BCUT2D eigenvalue weighted by Gasteiger charge is -2.08. The molecule has 1 fully saturated rings. The Bertz CT molecular complexity index is 839. The normalized spacial score (nSPS) is 17.3. The Labute approximate surface area is 158 Å². The van der Waals surface area contributed by atoms with Gasteiger partial charge in [-0.25, -0.2) is 4.39 Å². The Morgan fingerprint density at radius 2 is 2.11 bits per heavy atom. The number of hydrogen-bond donors (Lipinski definition) is 4. The number of likely N-dealkylation sites (tertiary alicyclic amines) is 1. The lowest BCUT2D eigenvalue weighted by molar-refractivity contribution is -0.104. The molecule has 0 aliphatic carbocycles. The summed E-state index contributed by atoms with van der Waals surface area (Å²) >= 11 is 0. The van der Waals surface area contributed by atoms with Gasteiger partial charge in [-0.2, -0.15) is 0 Å². The Hall–Kier alpha value is -3.06. The molecule has 0 amide bonds. The third-order valence-electron chi connectivity index (χ3n) is 4.44. The summed E-state index contributed by atoms with van der Waals surface area (Å²) in [6.07, 6.45) is 4.20. The van der Waals surface area contributed by atoms with E-state index >= 15 is 0 Å². The van der Waals surface area contributed by atoms with Crippen LogP contribution in [-0.4, -0.2) is 41.4 Å². The number of likely N-dealkylation sites (N-methyl/N-ethyl adjacent to an activating group) is 1. The first-order valence-electron chi connectivity index (χ1n) is 8.56. The number of aromatic amines is 1. The number of rotatable bonds is 4. The van der Waals surface area contributed by atoms with E-state index in [-0.39, 0.29) is 34.6 Å². The first kappa shape index (κ1) is 20.3. The summed E-state index contributed by atoms with van der Waals surface area (Å²) in [4.78, 5) is 14.2. The third kappa shape index (κ3) is 4.77. The van der Waals surface area contributed by atoms with Crippen molar-refractivity contribution in [2.45, 2.75) is 12.3 Å². The van der Waals surface area contributed by atoms with Gasteiger partial charge in [0, 0.05) is 23.7 Å². The van der Waals surface area contributed by atoms with Crippen LogP contribution >= 0.6 is 0 Å². The van der Waals surface area contributed by atoms with Crippen LogP contribution in [0.5, 0.6) is 5.75 Å². The first-order chi connectivity index (χ1) is 12.9. The molecule has 7 heteroatoms. The Balaban J connectivity index is 0.000000596. The third-order valence-corrected chi connectivity index (χ3v) is 4.44. The van der Waals surface area contributed by atoms with Gasteiger partial charge in [0.15, 0.2) is 5.82 Å². The largest absolute Gasteiger partial charge is 0.507 e. The number of para-hydroxylation sites is 1. The molecule has 0 bridgehead atoms. The van der Waals surface area contributed by atoms with Crippen molar-refractivity contribution < 1.29 is 14.3 Å². The fourth-order valence-corrected chi connectivity index (χ4v) is 3.07. The van der Waals surface area contributed by atoms with Crippen molar-refractivity contribution in [2.75, 3.05) is 25.9 Å². The van der Waals surface area contributed by atoms with Gasteiger partial charge < -0.3 is 26.5 Å². The van der Waals surface area contributed by atoms with E-state index in [4.69, 9.17) is 16.3 Å². The first-order valence-corrected chi connectivity index (χ1v) is 8.56. The Morgan fingerprint density at radius 3 is 2.67 bits per heavy atom. The summed E-state index contributed by atoms with van der Waals surface area (Å²) < 4.78 is 14.8. The number of nitrogens with one attached hydrogen (secondary N) is 1. The maximum absolute atomic E-state index is 14.8. The molecule has 2 aromatic rings. The van der Waals surface area contributed by atoms with Gasteiger partial charge >= 0.3 is 0 Å². The highest BCUT2D eigenvalue weighted by molar-refractivity contribution is 5.84. The summed E-state index contributed by atoms with van der Waals surface area (Å²) in [6.45, 7) is 4.85. The summed E-state index contributed by atoms with van der Waals surface area (Å²) in [7, 11) is 2.02. The second-order valence-electron chi connectivity index (χ2n) is 6.42. The van der Waals surface area contributed by atoms with Gasteiger partial charge in [-0.05, 0) is 44.3 Å². The average Bonchev–Trinajstić information content (AvgIpc) is 3.20. The highest BCUT2D eigenvalue weighted by Crippen LogP contribution is 2.33. The van der Waals surface area contributed by atoms with Crippen LogP contribution in [0.25, 0.3) is 11.8 Å². The number of anilines is 1. The lowest BCUT2D eigenvalue weighted by Crippen LogP contribution is -2.13. The molecule has 1 aromatic carbocycles. The summed E-state index contributed by atoms with van der Waals surface area (Å²) in [5, 5.41) is 9.85. The van der Waals surface area contributed by atoms with E-state index in [1.54, 1.807) is 18.2 Å². The minimum atomic E-state index is -0.360. The number of phenolic OH excluding ortho intramolecular Hbond substituents is 1. The molecule has 6 N–H and O–H groups in total. The van der Waals surface area contributed by atoms with Crippen LogP contribution in [-0.2, 0) is 4.79 Å². The summed E-state index contributed by atoms with van der Waals surface area (Å²) in [6, 6.07) is 6.67. The van der Waals surface area contributed by atoms with Crippen LogP contribution in [0.4, 0.5) is 10.2 Å². The Kier molecular flexibility index (Phi) is 6.79. The number of nitrogen functional groups attached to an aromatic ring is 1. The monoisotopic (exact) mass is 372 g/mol. The topological polar surface area (TPSA) is 108 Å². The number of hydrogen-bond acceptors (Lipinski definition) is 5. The molecule has 0 radical (unpaired) electrons. The number of nitrogens with zero attached hydrogens (tertiary/aromatic N) is 1. The van der Waals surface area contributed by atoms with E-state index in [1.807, 2.05) is 7.05 Å². The zero-order chi connectivity index (χ0) is 20.0. The minimum Gasteiger partial charge on any atom is -0.507 e. The number of aromatic nitrogens is 1. The minimum absolute atomic E-state index is 0.0495. The predicted molar refractivity (Wildman–Crippen MR) is 106 cm³/mol. The molecule has 3 rings (SSSR count). The molecule has 0 saturated carbocycles. The van der Waals surface area contributed by atoms with Crippen LogP contribution in [0, 0.1) is 5.82 Å². The van der Waals surface area contributed by atoms with Gasteiger partial charge in [0.05, 0.1) is 11.3 Å². The molecule has 1 aliphatic heterocycles. The summed E-state index contributed by atoms with van der Waals surface area (Å²) in [5.74, 6) is 0.0517. The van der Waals surface area contributed by atoms with E-state index < -0.39 is 0 Å². The van der Waals surface area contributed by atoms with Crippen LogP contribution in [0.2, 0.25) is 0 Å². The van der Waals surface area contributed by atoms with E-state index in [2.05, 4.69) is 16.5 Å². The van der Waals surface area contributed by atoms with Crippen molar-refractivity contribution in [1.29, 1.82) is 0 Å². The molecule has 1 saturated heterocycles. The quantitative estimate of drug-likeness (QED) is 0.487. The van der Waals surface area contributed by atoms with Crippen molar-refractivity contribution in [3.8, 4) is 5.75 Å². The number of H-pyrrole nitrogens is 1.